The van der Waals surface area contributed by atoms with E-state index in [1.165, 1.54) is 0 Å². The molecule has 178 valence electrons. The zero-order chi connectivity index (χ0) is 24.9. The molecule has 2 aromatic carbocycles. The maximum atomic E-state index is 13.6. The Labute approximate surface area is 208 Å². The van der Waals surface area contributed by atoms with Crippen molar-refractivity contribution in [3.63, 3.8) is 0 Å². The molecular weight excluding hydrogens is 466 g/mol. The molecule has 1 atom stereocenters. The highest BCUT2D eigenvalue weighted by Gasteiger charge is 2.35. The number of fused-ring (bicyclic) bond motifs is 1. The number of hydrogen-bond donors (Lipinski definition) is 2. The lowest BCUT2D eigenvalue weighted by Crippen LogP contribution is -2.46. The van der Waals surface area contributed by atoms with E-state index in [1.54, 1.807) is 79.8 Å². The first-order valence-corrected chi connectivity index (χ1v) is 11.4. The number of benzene rings is 2. The van der Waals surface area contributed by atoms with Crippen LogP contribution in [-0.2, 0) is 17.8 Å². The Hall–Kier alpha value is -4.04. The van der Waals surface area contributed by atoms with Crippen LogP contribution in [0.1, 0.15) is 38.8 Å². The zero-order valence-electron chi connectivity index (χ0n) is 19.3. The van der Waals surface area contributed by atoms with Gasteiger partial charge in [0.05, 0.1) is 17.1 Å². The average Bonchev–Trinajstić information content (AvgIpc) is 2.94. The molecule has 0 fully saturated rings. The Kier molecular flexibility index (Phi) is 7.22. The van der Waals surface area contributed by atoms with E-state index in [0.29, 0.717) is 34.1 Å². The number of halogens is 1. The minimum Gasteiger partial charge on any atom is -0.323 e. The van der Waals surface area contributed by atoms with Gasteiger partial charge in [0.15, 0.2) is 0 Å². The van der Waals surface area contributed by atoms with Crippen LogP contribution in [0.4, 0.5) is 5.69 Å². The molecule has 3 amide bonds. The first-order valence-electron chi connectivity index (χ1n) is 11.0. The van der Waals surface area contributed by atoms with Gasteiger partial charge in [0.25, 0.3) is 11.8 Å². The predicted octanol–water partition coefficient (Wildman–Crippen LogP) is 3.72. The van der Waals surface area contributed by atoms with Gasteiger partial charge in [-0.05, 0) is 54.4 Å². The van der Waals surface area contributed by atoms with Crippen molar-refractivity contribution in [1.82, 2.24) is 15.2 Å². The largest absolute Gasteiger partial charge is 0.323 e. The molecule has 35 heavy (non-hydrogen) atoms. The highest BCUT2D eigenvalue weighted by Crippen LogP contribution is 2.28. The molecule has 1 aromatic heterocycles. The molecule has 9 heteroatoms. The van der Waals surface area contributed by atoms with Gasteiger partial charge in [-0.25, -0.2) is 0 Å². The maximum absolute atomic E-state index is 13.6. The number of anilines is 1. The number of aliphatic imine (C=N–C) groups is 1. The molecule has 2 N–H and O–H groups in total. The van der Waals surface area contributed by atoms with E-state index in [-0.39, 0.29) is 24.3 Å². The second-order valence-electron chi connectivity index (χ2n) is 8.15. The molecule has 0 radical (unpaired) electrons. The second kappa shape index (κ2) is 10.5. The smallest absolute Gasteiger partial charge is 0.256 e. The van der Waals surface area contributed by atoms with Crippen molar-refractivity contribution in [2.24, 2.45) is 4.99 Å². The predicted molar refractivity (Wildman–Crippen MR) is 135 cm³/mol. The quantitative estimate of drug-likeness (QED) is 0.421. The standard InChI is InChI=1S/C26H24ClN5O3/c1-16(28-2)30-24(33)19-7-5-17(6-8-19)15-32-23(12-18-4-3-11-29-14-18)25(34)31-22-13-20(27)9-10-21(22)26(32)35/h3-11,13-14,23H,12,15H2,1-2H3,(H,31,34)(H,28,30,33)/t23-/m1/s1. The Balaban J connectivity index is 1.65. The third kappa shape index (κ3) is 5.55. The number of nitrogens with zero attached hydrogens (tertiary/aromatic N) is 3. The molecular formula is C26H24ClN5O3. The number of hydrogen-bond acceptors (Lipinski definition) is 5. The molecule has 0 saturated carbocycles. The molecule has 4 rings (SSSR count). The molecule has 8 nitrogen and oxygen atoms in total. The van der Waals surface area contributed by atoms with Gasteiger partial charge < -0.3 is 15.5 Å². The first-order chi connectivity index (χ1) is 16.9. The second-order valence-corrected chi connectivity index (χ2v) is 8.59. The lowest BCUT2D eigenvalue weighted by atomic mass is 10.0. The van der Waals surface area contributed by atoms with Crippen LogP contribution < -0.4 is 10.6 Å². The number of nitrogens with one attached hydrogen (secondary N) is 2. The molecule has 0 aliphatic carbocycles. The van der Waals surface area contributed by atoms with Crippen LogP contribution in [0.3, 0.4) is 0 Å². The summed E-state index contributed by atoms with van der Waals surface area (Å²) in [5, 5.41) is 5.97. The Morgan fingerprint density at radius 2 is 1.91 bits per heavy atom. The minimum absolute atomic E-state index is 0.177. The lowest BCUT2D eigenvalue weighted by molar-refractivity contribution is -0.120. The summed E-state index contributed by atoms with van der Waals surface area (Å²) in [6.45, 7) is 1.88. The zero-order valence-corrected chi connectivity index (χ0v) is 20.0. The fraction of sp³-hybridized carbons (Fsp3) is 0.192. The summed E-state index contributed by atoms with van der Waals surface area (Å²) in [6, 6.07) is 14.6. The van der Waals surface area contributed by atoms with E-state index < -0.39 is 6.04 Å². The minimum atomic E-state index is -0.774. The van der Waals surface area contributed by atoms with Gasteiger partial charge in [-0.15, -0.1) is 0 Å². The Morgan fingerprint density at radius 3 is 2.60 bits per heavy atom. The van der Waals surface area contributed by atoms with Crippen LogP contribution in [0.15, 0.2) is 72.0 Å². The number of rotatable bonds is 5. The number of carbonyl (C=O) groups excluding carboxylic acids is 3. The van der Waals surface area contributed by atoms with Crippen molar-refractivity contribution in [3.05, 3.63) is 94.3 Å². The van der Waals surface area contributed by atoms with E-state index in [9.17, 15) is 14.4 Å². The summed E-state index contributed by atoms with van der Waals surface area (Å²) in [6.07, 6.45) is 3.63. The fourth-order valence-corrected chi connectivity index (χ4v) is 4.01. The number of amidine groups is 1. The van der Waals surface area contributed by atoms with Gasteiger partial charge >= 0.3 is 0 Å². The highest BCUT2D eigenvalue weighted by molar-refractivity contribution is 6.31. The molecule has 0 saturated heterocycles. The third-order valence-corrected chi connectivity index (χ3v) is 6.00. The average molecular weight is 490 g/mol. The Morgan fingerprint density at radius 1 is 1.14 bits per heavy atom. The van der Waals surface area contributed by atoms with Gasteiger partial charge in [0, 0.05) is 43.0 Å². The van der Waals surface area contributed by atoms with Crippen molar-refractivity contribution in [3.8, 4) is 0 Å². The molecule has 0 bridgehead atoms. The molecule has 0 unspecified atom stereocenters. The van der Waals surface area contributed by atoms with E-state index >= 15 is 0 Å². The number of carbonyl (C=O) groups is 3. The summed E-state index contributed by atoms with van der Waals surface area (Å²) in [5.41, 5.74) is 2.81. The SMILES string of the molecule is C/N=C(\C)NC(=O)c1ccc(CN2C(=O)c3ccc(Cl)cc3NC(=O)[C@H]2Cc2cccnc2)cc1. The van der Waals surface area contributed by atoms with Crippen molar-refractivity contribution in [1.29, 1.82) is 0 Å². The van der Waals surface area contributed by atoms with Crippen LogP contribution in [0.2, 0.25) is 5.02 Å². The monoisotopic (exact) mass is 489 g/mol. The summed E-state index contributed by atoms with van der Waals surface area (Å²) in [4.78, 5) is 48.9. The normalized spacial score (nSPS) is 15.8. The lowest BCUT2D eigenvalue weighted by Gasteiger charge is -2.29. The summed E-state index contributed by atoms with van der Waals surface area (Å²) in [7, 11) is 1.60. The van der Waals surface area contributed by atoms with Crippen molar-refractivity contribution < 1.29 is 14.4 Å². The van der Waals surface area contributed by atoms with E-state index in [4.69, 9.17) is 11.6 Å². The van der Waals surface area contributed by atoms with Gasteiger partial charge in [-0.1, -0.05) is 29.8 Å². The molecule has 3 aromatic rings. The summed E-state index contributed by atoms with van der Waals surface area (Å²) < 4.78 is 0. The number of amides is 3. The highest BCUT2D eigenvalue weighted by atomic mass is 35.5. The fourth-order valence-electron chi connectivity index (χ4n) is 3.84. The molecule has 1 aliphatic rings. The van der Waals surface area contributed by atoms with Crippen LogP contribution in [-0.4, -0.2) is 46.5 Å². The van der Waals surface area contributed by atoms with Crippen LogP contribution in [0, 0.1) is 0 Å². The maximum Gasteiger partial charge on any atom is 0.256 e. The van der Waals surface area contributed by atoms with Crippen molar-refractivity contribution in [2.45, 2.75) is 25.9 Å². The van der Waals surface area contributed by atoms with E-state index in [2.05, 4.69) is 20.6 Å². The van der Waals surface area contributed by atoms with Gasteiger partial charge in [-0.3, -0.25) is 24.4 Å². The van der Waals surface area contributed by atoms with Crippen LogP contribution in [0.25, 0.3) is 0 Å². The van der Waals surface area contributed by atoms with Gasteiger partial charge in [0.2, 0.25) is 5.91 Å². The third-order valence-electron chi connectivity index (χ3n) is 5.76. The summed E-state index contributed by atoms with van der Waals surface area (Å²) >= 11 is 6.11. The van der Waals surface area contributed by atoms with E-state index in [1.807, 2.05) is 6.07 Å². The molecule has 0 spiro atoms. The van der Waals surface area contributed by atoms with Crippen LogP contribution >= 0.6 is 11.6 Å². The first kappa shape index (κ1) is 24.1. The van der Waals surface area contributed by atoms with Gasteiger partial charge in [-0.2, -0.15) is 0 Å². The molecule has 1 aliphatic heterocycles. The summed E-state index contributed by atoms with van der Waals surface area (Å²) in [5.74, 6) is -0.364. The van der Waals surface area contributed by atoms with Gasteiger partial charge in [0.1, 0.15) is 6.04 Å². The Bertz CT molecular complexity index is 1290. The van der Waals surface area contributed by atoms with Crippen molar-refractivity contribution >= 4 is 40.8 Å². The topological polar surface area (TPSA) is 104 Å². The van der Waals surface area contributed by atoms with E-state index in [0.717, 1.165) is 11.1 Å². The number of pyridine rings is 1. The molecule has 2 heterocycles. The number of aromatic nitrogens is 1. The van der Waals surface area contributed by atoms with Crippen molar-refractivity contribution in [2.75, 3.05) is 12.4 Å². The van der Waals surface area contributed by atoms with Crippen LogP contribution in [0.5, 0.6) is 0 Å².